The molecule has 0 aliphatic carbocycles. The summed E-state index contributed by atoms with van der Waals surface area (Å²) in [5, 5.41) is 22.2. The van der Waals surface area contributed by atoms with Gasteiger partial charge in [-0.1, -0.05) is 12.1 Å². The average Bonchev–Trinajstić information content (AvgIpc) is 2.26. The van der Waals surface area contributed by atoms with E-state index in [1.54, 1.807) is 19.1 Å². The predicted molar refractivity (Wildman–Crippen MR) is 61.8 cm³/mol. The monoisotopic (exact) mass is 238 g/mol. The van der Waals surface area contributed by atoms with Crippen molar-refractivity contribution in [2.24, 2.45) is 0 Å². The van der Waals surface area contributed by atoms with Gasteiger partial charge in [0.05, 0.1) is 4.92 Å². The van der Waals surface area contributed by atoms with Crippen LogP contribution in [0.2, 0.25) is 0 Å². The summed E-state index contributed by atoms with van der Waals surface area (Å²) in [5.74, 6) is -0.951. The molecule has 1 atom stereocenters. The fourth-order valence-corrected chi connectivity index (χ4v) is 1.41. The molecule has 1 aromatic carbocycles. The molecule has 0 fully saturated rings. The van der Waals surface area contributed by atoms with Crippen molar-refractivity contribution in [2.45, 2.75) is 26.4 Å². The van der Waals surface area contributed by atoms with Crippen LogP contribution in [0.25, 0.3) is 0 Å². The zero-order valence-electron chi connectivity index (χ0n) is 9.64. The minimum Gasteiger partial charge on any atom is -0.480 e. The number of nitro groups is 1. The van der Waals surface area contributed by atoms with Gasteiger partial charge in [0.15, 0.2) is 0 Å². The van der Waals surface area contributed by atoms with Crippen molar-refractivity contribution < 1.29 is 14.8 Å². The van der Waals surface area contributed by atoms with E-state index >= 15 is 0 Å². The summed E-state index contributed by atoms with van der Waals surface area (Å²) in [5.41, 5.74) is 1.34. The highest BCUT2D eigenvalue weighted by molar-refractivity contribution is 5.72. The molecule has 0 bridgehead atoms. The molecule has 0 aliphatic heterocycles. The first-order valence-corrected chi connectivity index (χ1v) is 5.12. The highest BCUT2D eigenvalue weighted by Gasteiger charge is 2.15. The fourth-order valence-electron chi connectivity index (χ4n) is 1.41. The molecule has 2 N–H and O–H groups in total. The summed E-state index contributed by atoms with van der Waals surface area (Å²) in [4.78, 5) is 20.9. The van der Waals surface area contributed by atoms with Gasteiger partial charge in [0.1, 0.15) is 6.04 Å². The molecule has 0 aliphatic rings. The first-order valence-electron chi connectivity index (χ1n) is 5.12. The number of hydrogen-bond acceptors (Lipinski definition) is 4. The van der Waals surface area contributed by atoms with Crippen molar-refractivity contribution in [1.29, 1.82) is 0 Å². The number of hydrogen-bond donors (Lipinski definition) is 2. The van der Waals surface area contributed by atoms with Gasteiger partial charge in [-0.15, -0.1) is 0 Å². The third-order valence-electron chi connectivity index (χ3n) is 2.58. The van der Waals surface area contributed by atoms with Crippen LogP contribution in [0.4, 0.5) is 5.69 Å². The number of carboxylic acids is 1. The van der Waals surface area contributed by atoms with Crippen molar-refractivity contribution >= 4 is 11.7 Å². The second-order valence-corrected chi connectivity index (χ2v) is 3.76. The molecule has 1 aromatic rings. The summed E-state index contributed by atoms with van der Waals surface area (Å²) in [6.07, 6.45) is 0. The molecule has 17 heavy (non-hydrogen) atoms. The van der Waals surface area contributed by atoms with Crippen molar-refractivity contribution in [3.63, 3.8) is 0 Å². The van der Waals surface area contributed by atoms with Gasteiger partial charge in [0, 0.05) is 18.2 Å². The summed E-state index contributed by atoms with van der Waals surface area (Å²) >= 11 is 0. The molecule has 92 valence electrons. The maximum atomic E-state index is 10.7. The van der Waals surface area contributed by atoms with E-state index in [-0.39, 0.29) is 5.69 Å². The van der Waals surface area contributed by atoms with E-state index in [4.69, 9.17) is 5.11 Å². The van der Waals surface area contributed by atoms with Crippen LogP contribution in [0.1, 0.15) is 18.1 Å². The second kappa shape index (κ2) is 5.40. The topological polar surface area (TPSA) is 92.5 Å². The van der Waals surface area contributed by atoms with Crippen LogP contribution < -0.4 is 5.32 Å². The third kappa shape index (κ3) is 3.25. The Bertz CT molecular complexity index is 445. The normalized spacial score (nSPS) is 12.1. The first kappa shape index (κ1) is 13.1. The molecule has 0 amide bonds. The molecular formula is C11H14N2O4. The lowest BCUT2D eigenvalue weighted by Crippen LogP contribution is -2.33. The Labute approximate surface area is 98.4 Å². The van der Waals surface area contributed by atoms with Crippen LogP contribution in [-0.4, -0.2) is 22.0 Å². The number of nitro benzene ring substituents is 1. The number of rotatable bonds is 5. The molecular weight excluding hydrogens is 224 g/mol. The Morgan fingerprint density at radius 2 is 2.24 bits per heavy atom. The quantitative estimate of drug-likeness (QED) is 0.598. The fraction of sp³-hybridized carbons (Fsp3) is 0.364. The Balaban J connectivity index is 2.82. The molecule has 0 aromatic heterocycles. The van der Waals surface area contributed by atoms with Crippen LogP contribution in [0.3, 0.4) is 0 Å². The number of carboxylic acid groups (broad SMARTS) is 1. The standard InChI is InChI=1S/C11H14N2O4/c1-7-9(6-12-8(2)11(14)15)4-3-5-10(7)13(16)17/h3-5,8,12H,6H2,1-2H3,(H,14,15)/t8-/m1/s1. The summed E-state index contributed by atoms with van der Waals surface area (Å²) < 4.78 is 0. The van der Waals surface area contributed by atoms with E-state index in [0.717, 1.165) is 5.56 Å². The van der Waals surface area contributed by atoms with E-state index in [1.807, 2.05) is 0 Å². The number of nitrogens with one attached hydrogen (secondary N) is 1. The lowest BCUT2D eigenvalue weighted by atomic mass is 10.1. The molecule has 0 saturated carbocycles. The van der Waals surface area contributed by atoms with Gasteiger partial charge in [0.25, 0.3) is 5.69 Å². The van der Waals surface area contributed by atoms with Gasteiger partial charge in [-0.3, -0.25) is 14.9 Å². The number of nitrogens with zero attached hydrogens (tertiary/aromatic N) is 1. The summed E-state index contributed by atoms with van der Waals surface area (Å²) in [6.45, 7) is 3.47. The van der Waals surface area contributed by atoms with Crippen LogP contribution in [0, 0.1) is 17.0 Å². The van der Waals surface area contributed by atoms with E-state index in [9.17, 15) is 14.9 Å². The van der Waals surface area contributed by atoms with Gasteiger partial charge in [0.2, 0.25) is 0 Å². The van der Waals surface area contributed by atoms with E-state index < -0.39 is 16.9 Å². The second-order valence-electron chi connectivity index (χ2n) is 3.76. The van der Waals surface area contributed by atoms with E-state index in [0.29, 0.717) is 12.1 Å². The highest BCUT2D eigenvalue weighted by Crippen LogP contribution is 2.20. The minimum absolute atomic E-state index is 0.0484. The van der Waals surface area contributed by atoms with Gasteiger partial charge in [-0.2, -0.15) is 0 Å². The van der Waals surface area contributed by atoms with Gasteiger partial charge < -0.3 is 10.4 Å². The Morgan fingerprint density at radius 1 is 1.59 bits per heavy atom. The summed E-state index contributed by atoms with van der Waals surface area (Å²) in [7, 11) is 0. The molecule has 6 heteroatoms. The molecule has 0 spiro atoms. The van der Waals surface area contributed by atoms with Crippen LogP contribution in [0.15, 0.2) is 18.2 Å². The van der Waals surface area contributed by atoms with E-state index in [2.05, 4.69) is 5.32 Å². The minimum atomic E-state index is -0.951. The largest absolute Gasteiger partial charge is 0.480 e. The SMILES string of the molecule is Cc1c(CN[C@H](C)C(=O)O)cccc1[N+](=O)[O-]. The van der Waals surface area contributed by atoms with Crippen molar-refractivity contribution in [3.8, 4) is 0 Å². The molecule has 0 unspecified atom stereocenters. The lowest BCUT2D eigenvalue weighted by molar-refractivity contribution is -0.385. The van der Waals surface area contributed by atoms with Gasteiger partial charge >= 0.3 is 5.97 Å². The number of aliphatic carboxylic acids is 1. The van der Waals surface area contributed by atoms with Crippen molar-refractivity contribution in [3.05, 3.63) is 39.4 Å². The molecule has 0 radical (unpaired) electrons. The van der Waals surface area contributed by atoms with Crippen LogP contribution >= 0.6 is 0 Å². The van der Waals surface area contributed by atoms with Crippen molar-refractivity contribution in [1.82, 2.24) is 5.32 Å². The zero-order chi connectivity index (χ0) is 13.0. The number of carbonyl (C=O) groups is 1. The Morgan fingerprint density at radius 3 is 2.76 bits per heavy atom. The smallest absolute Gasteiger partial charge is 0.320 e. The Kier molecular flexibility index (Phi) is 4.17. The number of benzene rings is 1. The Hall–Kier alpha value is -1.95. The average molecular weight is 238 g/mol. The highest BCUT2D eigenvalue weighted by atomic mass is 16.6. The van der Waals surface area contributed by atoms with Crippen molar-refractivity contribution in [2.75, 3.05) is 0 Å². The first-order chi connectivity index (χ1) is 7.93. The van der Waals surface area contributed by atoms with Crippen LogP contribution in [-0.2, 0) is 11.3 Å². The molecule has 0 heterocycles. The maximum Gasteiger partial charge on any atom is 0.320 e. The lowest BCUT2D eigenvalue weighted by Gasteiger charge is -2.10. The molecule has 1 rings (SSSR count). The summed E-state index contributed by atoms with van der Waals surface area (Å²) in [6, 6.07) is 4.07. The third-order valence-corrected chi connectivity index (χ3v) is 2.58. The van der Waals surface area contributed by atoms with E-state index in [1.165, 1.54) is 13.0 Å². The zero-order valence-corrected chi connectivity index (χ0v) is 9.64. The van der Waals surface area contributed by atoms with Gasteiger partial charge in [-0.25, -0.2) is 0 Å². The molecule has 6 nitrogen and oxygen atoms in total. The maximum absolute atomic E-state index is 10.7. The predicted octanol–water partition coefficient (Wildman–Crippen LogP) is 1.47. The van der Waals surface area contributed by atoms with Gasteiger partial charge in [-0.05, 0) is 19.4 Å². The van der Waals surface area contributed by atoms with Crippen LogP contribution in [0.5, 0.6) is 0 Å². The molecule has 0 saturated heterocycles.